The van der Waals surface area contributed by atoms with Crippen LogP contribution in [0.5, 0.6) is 28.7 Å². The lowest BCUT2D eigenvalue weighted by atomic mass is 9.45. The van der Waals surface area contributed by atoms with Crippen LogP contribution in [0.2, 0.25) is 0 Å². The Morgan fingerprint density at radius 2 is 1.71 bits per heavy atom. The van der Waals surface area contributed by atoms with Gasteiger partial charge in [-0.1, -0.05) is 60.5 Å². The number of hydrogen-bond acceptors (Lipinski definition) is 18. The summed E-state index contributed by atoms with van der Waals surface area (Å²) in [6.45, 7) is -0.0987. The number of imidazole rings is 1. The molecule has 4 aliphatic carbocycles. The number of hydrogen-bond donors (Lipinski definition) is 17. The van der Waals surface area contributed by atoms with Crippen LogP contribution in [0.1, 0.15) is 127 Å². The van der Waals surface area contributed by atoms with Crippen LogP contribution >= 0.6 is 0 Å². The molecular weight excluding hydrogens is 1180 g/mol. The smallest absolute Gasteiger partial charge is 0.355 e. The van der Waals surface area contributed by atoms with Crippen molar-refractivity contribution < 1.29 is 80.3 Å². The number of phenolic OH excluding ortho intramolecular Hbond substituents is 4. The topological polar surface area (TPSA) is 406 Å². The van der Waals surface area contributed by atoms with Crippen molar-refractivity contribution in [1.82, 2.24) is 20.3 Å². The SMILES string of the molecule is NC(=NCc1ccccc1)NCCC[C@H](O)CCC1=C[C@]2(C(=O)O)[C@@H](c3c(cc(O[C@]4(O)O[C@H](CO)[C@@H](O)[C@H](O)[C@H]4O)c(O)c3O)N2C(=O)/C=C/c2ccc(O)c([C@H]3CC[C@H](CNc4ccc[nH]4)c4nc[nH]c43)c2)[C@@H]1[C@@]12c3c(O)cccc3CC[C@H]1CCC[C@@H]2CO. The van der Waals surface area contributed by atoms with E-state index in [1.54, 1.807) is 30.6 Å². The third-order valence-corrected chi connectivity index (χ3v) is 20.3. The highest BCUT2D eigenvalue weighted by molar-refractivity contribution is 6.14. The lowest BCUT2D eigenvalue weighted by Crippen LogP contribution is -2.67. The van der Waals surface area contributed by atoms with Crippen molar-refractivity contribution >= 4 is 35.4 Å². The van der Waals surface area contributed by atoms with Crippen LogP contribution in [0.15, 0.2) is 120 Å². The van der Waals surface area contributed by atoms with E-state index in [4.69, 9.17) is 15.2 Å². The number of aliphatic carboxylic acids is 1. The van der Waals surface area contributed by atoms with Gasteiger partial charge >= 0.3 is 11.9 Å². The number of anilines is 2. The Hall–Kier alpha value is -8.46. The zero-order valence-electron chi connectivity index (χ0n) is 50.6. The van der Waals surface area contributed by atoms with E-state index in [-0.39, 0.29) is 65.7 Å². The number of aliphatic hydroxyl groups excluding tert-OH is 6. The summed E-state index contributed by atoms with van der Waals surface area (Å²) < 4.78 is 11.2. The fourth-order valence-electron chi connectivity index (χ4n) is 16.2. The maximum atomic E-state index is 15.9. The maximum Gasteiger partial charge on any atom is 0.355 e. The molecule has 6 aliphatic rings. The molecule has 0 unspecified atom stereocenters. The molecule has 4 aromatic carbocycles. The van der Waals surface area contributed by atoms with Gasteiger partial charge in [0.2, 0.25) is 5.75 Å². The monoisotopic (exact) mass is 1260 g/mol. The van der Waals surface area contributed by atoms with Gasteiger partial charge in [0.1, 0.15) is 35.6 Å². The number of aliphatic hydroxyl groups is 7. The largest absolute Gasteiger partial charge is 0.508 e. The number of aromatic nitrogens is 3. The Kier molecular flexibility index (Phi) is 17.9. The summed E-state index contributed by atoms with van der Waals surface area (Å²) in [5, 5.41) is 146. The Bertz CT molecular complexity index is 3770. The lowest BCUT2D eigenvalue weighted by molar-refractivity contribution is -0.422. The van der Waals surface area contributed by atoms with Gasteiger partial charge < -0.3 is 97.1 Å². The number of carbonyl (C=O) groups is 2. The third kappa shape index (κ3) is 11.2. The number of aryl methyl sites for hydroxylation is 1. The summed E-state index contributed by atoms with van der Waals surface area (Å²) in [5.74, 6) is -12.0. The molecule has 12 rings (SSSR count). The number of carboxylic acids is 1. The number of benzene rings is 4. The second-order valence-corrected chi connectivity index (χ2v) is 25.4. The number of H-pyrrole nitrogens is 2. The minimum absolute atomic E-state index is 0.0180. The fraction of sp³-hybridized carbons (Fsp3) is 0.441. The number of aliphatic imine (C=N–C) groups is 1. The van der Waals surface area contributed by atoms with Gasteiger partial charge in [-0.25, -0.2) is 14.8 Å². The molecule has 1 amide bonds. The molecule has 2 aromatic heterocycles. The van der Waals surface area contributed by atoms with E-state index >= 15 is 9.59 Å². The molecule has 18 N–H and O–H groups in total. The molecule has 1 saturated carbocycles. The first-order valence-corrected chi connectivity index (χ1v) is 31.6. The molecular formula is C68H80N8O16. The minimum atomic E-state index is -3.37. The average Bonchev–Trinajstić information content (AvgIpc) is 1.47. The lowest BCUT2D eigenvalue weighted by Gasteiger charge is -2.58. The molecule has 2 aliphatic heterocycles. The van der Waals surface area contributed by atoms with Gasteiger partial charge in [0.05, 0.1) is 37.0 Å². The number of carbonyl (C=O) groups excluding carboxylic acids is 1. The van der Waals surface area contributed by atoms with Crippen molar-refractivity contribution in [1.29, 1.82) is 0 Å². The highest BCUT2D eigenvalue weighted by Crippen LogP contribution is 2.72. The minimum Gasteiger partial charge on any atom is -0.508 e. The average molecular weight is 1270 g/mol. The fourth-order valence-corrected chi connectivity index (χ4v) is 16.2. The molecule has 2 fully saturated rings. The highest BCUT2D eigenvalue weighted by Gasteiger charge is 2.72. The van der Waals surface area contributed by atoms with Gasteiger partial charge in [0.25, 0.3) is 5.91 Å². The number of nitrogens with one attached hydrogen (secondary N) is 4. The van der Waals surface area contributed by atoms with Crippen molar-refractivity contribution in [3.05, 3.63) is 160 Å². The summed E-state index contributed by atoms with van der Waals surface area (Å²) in [6, 6.07) is 24.3. The molecule has 0 bridgehead atoms. The number of rotatable bonds is 21. The van der Waals surface area contributed by atoms with Gasteiger partial charge in [-0.3, -0.25) is 9.69 Å². The summed E-state index contributed by atoms with van der Waals surface area (Å²) in [6.07, 6.45) is 2.96. The number of allylic oxidation sites excluding steroid dienone is 1. The number of nitrogens with zero attached hydrogens (tertiary/aromatic N) is 3. The van der Waals surface area contributed by atoms with E-state index in [0.29, 0.717) is 93.3 Å². The van der Waals surface area contributed by atoms with E-state index in [2.05, 4.69) is 30.6 Å². The van der Waals surface area contributed by atoms with Crippen LogP contribution in [0.3, 0.4) is 0 Å². The number of aromatic amines is 2. The maximum absolute atomic E-state index is 15.9. The van der Waals surface area contributed by atoms with E-state index < -0.39 is 108 Å². The van der Waals surface area contributed by atoms with E-state index in [1.165, 1.54) is 18.2 Å². The van der Waals surface area contributed by atoms with Gasteiger partial charge in [0.15, 0.2) is 29.1 Å². The quantitative estimate of drug-likeness (QED) is 0.00855. The van der Waals surface area contributed by atoms with E-state index in [0.717, 1.165) is 45.4 Å². The molecule has 0 spiro atoms. The number of phenols is 4. The first-order chi connectivity index (χ1) is 44.3. The molecule has 92 heavy (non-hydrogen) atoms. The van der Waals surface area contributed by atoms with E-state index in [9.17, 15) is 61.3 Å². The van der Waals surface area contributed by atoms with Crippen molar-refractivity contribution in [2.24, 2.45) is 28.5 Å². The Morgan fingerprint density at radius 3 is 2.47 bits per heavy atom. The number of amides is 1. The predicted molar refractivity (Wildman–Crippen MR) is 337 cm³/mol. The van der Waals surface area contributed by atoms with Crippen LogP contribution in [0, 0.1) is 17.8 Å². The second-order valence-electron chi connectivity index (χ2n) is 25.4. The summed E-state index contributed by atoms with van der Waals surface area (Å²) in [7, 11) is 0. The normalized spacial score (nSPS) is 29.4. The number of ether oxygens (including phenoxy) is 2. The van der Waals surface area contributed by atoms with Gasteiger partial charge in [-0.2, -0.15) is 0 Å². The van der Waals surface area contributed by atoms with E-state index in [1.807, 2.05) is 54.7 Å². The summed E-state index contributed by atoms with van der Waals surface area (Å²) in [5.41, 5.74) is 6.93. The van der Waals surface area contributed by atoms with Crippen LogP contribution in [-0.4, -0.2) is 162 Å². The Balaban J connectivity index is 0.961. The Morgan fingerprint density at radius 1 is 0.891 bits per heavy atom. The number of nitrogens with two attached hydrogens (primary N) is 1. The zero-order chi connectivity index (χ0) is 64.8. The third-order valence-electron chi connectivity index (χ3n) is 20.3. The van der Waals surface area contributed by atoms with Crippen molar-refractivity contribution in [3.63, 3.8) is 0 Å². The molecule has 14 atom stereocenters. The number of aromatic hydroxyl groups is 4. The summed E-state index contributed by atoms with van der Waals surface area (Å²) >= 11 is 0. The first kappa shape index (κ1) is 63.7. The Labute approximate surface area is 530 Å². The number of carboxylic acid groups (broad SMARTS) is 1. The molecule has 0 radical (unpaired) electrons. The number of fused-ring (bicyclic) bond motifs is 7. The van der Waals surface area contributed by atoms with Crippen LogP contribution in [-0.2, 0) is 32.7 Å². The highest BCUT2D eigenvalue weighted by atomic mass is 16.8. The molecule has 6 aromatic rings. The van der Waals surface area contributed by atoms with Crippen LogP contribution < -0.4 is 26.0 Å². The second kappa shape index (κ2) is 25.9. The summed E-state index contributed by atoms with van der Waals surface area (Å²) in [4.78, 5) is 47.7. The van der Waals surface area contributed by atoms with Gasteiger partial charge in [0, 0.05) is 89.5 Å². The van der Waals surface area contributed by atoms with Gasteiger partial charge in [-0.15, -0.1) is 0 Å². The van der Waals surface area contributed by atoms with Crippen molar-refractivity contribution in [2.45, 2.75) is 142 Å². The first-order valence-electron chi connectivity index (χ1n) is 31.6. The molecule has 24 nitrogen and oxygen atoms in total. The predicted octanol–water partition coefficient (Wildman–Crippen LogP) is 5.02. The van der Waals surface area contributed by atoms with Crippen molar-refractivity contribution in [2.75, 3.05) is 36.5 Å². The van der Waals surface area contributed by atoms with Crippen molar-refractivity contribution in [3.8, 4) is 28.7 Å². The van der Waals surface area contributed by atoms with Crippen LogP contribution in [0.25, 0.3) is 6.08 Å². The zero-order valence-corrected chi connectivity index (χ0v) is 50.6. The molecule has 488 valence electrons. The molecule has 1 saturated heterocycles. The van der Waals surface area contributed by atoms with Gasteiger partial charge in [-0.05, 0) is 135 Å². The number of guanidine groups is 1. The molecule has 4 heterocycles. The van der Waals surface area contributed by atoms with Crippen LogP contribution in [0.4, 0.5) is 11.5 Å². The molecule has 24 heteroatoms. The standard InChI is InChI=1S/C68H80N8O16/c69-65(73-31-37-8-2-1-3-9-37)71-27-6-13-43(79)22-19-39-30-66(64(88)89)56(55(39)67-41(11-5-12-42(67)33-77)21-18-38-10-4-14-48(81)54(38)67)53-46(29-49(59(83)61(53)85)91-68(90)63(87)62(86)60(84)50(34-78)92-68)76(66)52(82)25-17-36-16-24-47(80)45(28-36)44-23-20-40(57-58(44)75-35-74-57)32-72-51-15-7-26-70-51/h1-4,7-10,14-17,24-26,28-30,35,40-44,50,55-56,60,62-63,70,72,77-81,83-87,90H,5-6,11-13,18-23,27,31-34H2,(H,74,75)(H,88,89)(H3,69,71,73)/b25-17+/t40-,41-,42-,43+,44-,50-,55-,56+,60-,62+,63-,66-,67+,68+/m1/s1.